The highest BCUT2D eigenvalue weighted by atomic mass is 79.9. The van der Waals surface area contributed by atoms with E-state index in [0.29, 0.717) is 0 Å². The van der Waals surface area contributed by atoms with Gasteiger partial charge in [-0.25, -0.2) is 0 Å². The first-order chi connectivity index (χ1) is 8.08. The summed E-state index contributed by atoms with van der Waals surface area (Å²) in [6.07, 6.45) is -0.593. The lowest BCUT2D eigenvalue weighted by molar-refractivity contribution is -0.131. The summed E-state index contributed by atoms with van der Waals surface area (Å²) < 4.78 is 5.96. The maximum atomic E-state index is 11.7. The van der Waals surface area contributed by atoms with Crippen LogP contribution in [0, 0.1) is 0 Å². The van der Waals surface area contributed by atoms with Gasteiger partial charge in [-0.15, -0.1) is 0 Å². The van der Waals surface area contributed by atoms with Crippen LogP contribution < -0.4 is 11.1 Å². The standard InChI is InChI=1S/C12H17BrN2O2/c1-8(9-4-3-5-10(13)6-9)15-12(16)11(7-14)17-2/h3-6,8,11H,7,14H2,1-2H3,(H,15,16)/t8-,11?/m0/s1. The van der Waals surface area contributed by atoms with Crippen LogP contribution in [0.1, 0.15) is 18.5 Å². The highest BCUT2D eigenvalue weighted by Crippen LogP contribution is 2.17. The molecule has 94 valence electrons. The molecule has 17 heavy (non-hydrogen) atoms. The van der Waals surface area contributed by atoms with Crippen LogP contribution in [0.2, 0.25) is 0 Å². The number of carbonyl (C=O) groups excluding carboxylic acids is 1. The van der Waals surface area contributed by atoms with Crippen molar-refractivity contribution in [1.29, 1.82) is 0 Å². The van der Waals surface area contributed by atoms with Crippen LogP contribution >= 0.6 is 15.9 Å². The zero-order valence-corrected chi connectivity index (χ0v) is 11.5. The first kappa shape index (κ1) is 14.2. The van der Waals surface area contributed by atoms with E-state index >= 15 is 0 Å². The van der Waals surface area contributed by atoms with Crippen LogP contribution in [-0.4, -0.2) is 25.7 Å². The van der Waals surface area contributed by atoms with Gasteiger partial charge in [-0.2, -0.15) is 0 Å². The van der Waals surface area contributed by atoms with Crippen molar-refractivity contribution in [2.75, 3.05) is 13.7 Å². The Balaban J connectivity index is 2.66. The predicted octanol–water partition coefficient (Wildman–Crippen LogP) is 1.60. The smallest absolute Gasteiger partial charge is 0.250 e. The van der Waals surface area contributed by atoms with Gasteiger partial charge < -0.3 is 15.8 Å². The normalized spacial score (nSPS) is 14.1. The van der Waals surface area contributed by atoms with Crippen LogP contribution in [0.4, 0.5) is 0 Å². The maximum absolute atomic E-state index is 11.7. The Labute approximate surface area is 110 Å². The number of benzene rings is 1. The molecule has 0 aliphatic carbocycles. The van der Waals surface area contributed by atoms with Crippen molar-refractivity contribution < 1.29 is 9.53 Å². The zero-order chi connectivity index (χ0) is 12.8. The Morgan fingerprint density at radius 1 is 1.59 bits per heavy atom. The summed E-state index contributed by atoms with van der Waals surface area (Å²) in [5.41, 5.74) is 6.46. The molecule has 0 fully saturated rings. The fourth-order valence-corrected chi connectivity index (χ4v) is 1.89. The number of hydrogen-bond acceptors (Lipinski definition) is 3. The average molecular weight is 301 g/mol. The lowest BCUT2D eigenvalue weighted by atomic mass is 10.1. The van der Waals surface area contributed by atoms with Gasteiger partial charge in [0.05, 0.1) is 6.04 Å². The third kappa shape index (κ3) is 4.11. The molecule has 0 saturated carbocycles. The van der Waals surface area contributed by atoms with Crippen molar-refractivity contribution in [2.24, 2.45) is 5.73 Å². The number of nitrogens with one attached hydrogen (secondary N) is 1. The number of hydrogen-bond donors (Lipinski definition) is 2. The van der Waals surface area contributed by atoms with Crippen molar-refractivity contribution in [3.8, 4) is 0 Å². The van der Waals surface area contributed by atoms with E-state index in [0.717, 1.165) is 10.0 Å². The second-order valence-corrected chi connectivity index (χ2v) is 4.66. The van der Waals surface area contributed by atoms with Gasteiger partial charge in [-0.3, -0.25) is 4.79 Å². The minimum absolute atomic E-state index is 0.0794. The fraction of sp³-hybridized carbons (Fsp3) is 0.417. The monoisotopic (exact) mass is 300 g/mol. The Morgan fingerprint density at radius 3 is 2.82 bits per heavy atom. The minimum Gasteiger partial charge on any atom is -0.370 e. The zero-order valence-electron chi connectivity index (χ0n) is 9.94. The van der Waals surface area contributed by atoms with Crippen molar-refractivity contribution in [3.05, 3.63) is 34.3 Å². The summed E-state index contributed by atoms with van der Waals surface area (Å²) in [6, 6.07) is 7.72. The second-order valence-electron chi connectivity index (χ2n) is 3.75. The highest BCUT2D eigenvalue weighted by molar-refractivity contribution is 9.10. The van der Waals surface area contributed by atoms with Gasteiger partial charge in [0.25, 0.3) is 5.91 Å². The van der Waals surface area contributed by atoms with Crippen LogP contribution in [0.3, 0.4) is 0 Å². The van der Waals surface area contributed by atoms with Gasteiger partial charge in [0.2, 0.25) is 0 Å². The first-order valence-electron chi connectivity index (χ1n) is 5.37. The third-order valence-electron chi connectivity index (χ3n) is 2.50. The van der Waals surface area contributed by atoms with Crippen molar-refractivity contribution in [2.45, 2.75) is 19.1 Å². The molecule has 1 unspecified atom stereocenters. The molecule has 5 heteroatoms. The Bertz CT molecular complexity index is 381. The van der Waals surface area contributed by atoms with Gasteiger partial charge >= 0.3 is 0 Å². The topological polar surface area (TPSA) is 64.3 Å². The van der Waals surface area contributed by atoms with Gasteiger partial charge in [-0.1, -0.05) is 28.1 Å². The molecule has 1 aromatic rings. The van der Waals surface area contributed by atoms with E-state index in [4.69, 9.17) is 10.5 Å². The summed E-state index contributed by atoms with van der Waals surface area (Å²) >= 11 is 3.40. The molecule has 1 rings (SSSR count). The van der Waals surface area contributed by atoms with Crippen molar-refractivity contribution in [3.63, 3.8) is 0 Å². The molecule has 0 saturated heterocycles. The van der Waals surface area contributed by atoms with Crippen LogP contribution in [0.25, 0.3) is 0 Å². The lowest BCUT2D eigenvalue weighted by Gasteiger charge is -2.18. The van der Waals surface area contributed by atoms with Crippen molar-refractivity contribution in [1.82, 2.24) is 5.32 Å². The first-order valence-corrected chi connectivity index (χ1v) is 6.16. The minimum atomic E-state index is -0.593. The Hall–Kier alpha value is -0.910. The molecule has 4 nitrogen and oxygen atoms in total. The summed E-state index contributed by atoms with van der Waals surface area (Å²) in [5, 5.41) is 2.86. The van der Waals surface area contributed by atoms with Crippen molar-refractivity contribution >= 4 is 21.8 Å². The quantitative estimate of drug-likeness (QED) is 0.868. The number of carbonyl (C=O) groups is 1. The Morgan fingerprint density at radius 2 is 2.29 bits per heavy atom. The van der Waals surface area contributed by atoms with E-state index in [1.807, 2.05) is 31.2 Å². The number of amides is 1. The van der Waals surface area contributed by atoms with E-state index in [2.05, 4.69) is 21.2 Å². The van der Waals surface area contributed by atoms with Gasteiger partial charge in [-0.05, 0) is 24.6 Å². The molecule has 0 aliphatic rings. The largest absolute Gasteiger partial charge is 0.370 e. The molecule has 1 aromatic carbocycles. The fourth-order valence-electron chi connectivity index (χ4n) is 1.48. The lowest BCUT2D eigenvalue weighted by Crippen LogP contribution is -2.41. The van der Waals surface area contributed by atoms with E-state index in [-0.39, 0.29) is 18.5 Å². The number of nitrogens with two attached hydrogens (primary N) is 1. The molecule has 0 radical (unpaired) electrons. The van der Waals surface area contributed by atoms with Gasteiger partial charge in [0.15, 0.2) is 0 Å². The molecule has 2 atom stereocenters. The number of rotatable bonds is 5. The average Bonchev–Trinajstić information content (AvgIpc) is 2.30. The SMILES string of the molecule is COC(CN)C(=O)N[C@@H](C)c1cccc(Br)c1. The molecule has 3 N–H and O–H groups in total. The number of halogens is 1. The van der Waals surface area contributed by atoms with E-state index < -0.39 is 6.10 Å². The van der Waals surface area contributed by atoms with Crippen LogP contribution in [0.5, 0.6) is 0 Å². The molecule has 0 spiro atoms. The molecule has 0 bridgehead atoms. The molecule has 0 aromatic heterocycles. The second kappa shape index (κ2) is 6.74. The molecular formula is C12H17BrN2O2. The molecule has 0 aliphatic heterocycles. The maximum Gasteiger partial charge on any atom is 0.250 e. The van der Waals surface area contributed by atoms with Crippen LogP contribution in [0.15, 0.2) is 28.7 Å². The highest BCUT2D eigenvalue weighted by Gasteiger charge is 2.18. The predicted molar refractivity (Wildman–Crippen MR) is 70.6 cm³/mol. The number of ether oxygens (including phenoxy) is 1. The Kier molecular flexibility index (Phi) is 5.61. The number of methoxy groups -OCH3 is 1. The summed E-state index contributed by atoms with van der Waals surface area (Å²) in [6.45, 7) is 2.09. The third-order valence-corrected chi connectivity index (χ3v) is 2.99. The van der Waals surface area contributed by atoms with E-state index in [9.17, 15) is 4.79 Å². The van der Waals surface area contributed by atoms with E-state index in [1.54, 1.807) is 0 Å². The van der Waals surface area contributed by atoms with Gasteiger partial charge in [0, 0.05) is 18.1 Å². The summed E-state index contributed by atoms with van der Waals surface area (Å²) in [5.74, 6) is -0.192. The summed E-state index contributed by atoms with van der Waals surface area (Å²) in [4.78, 5) is 11.7. The van der Waals surface area contributed by atoms with E-state index in [1.165, 1.54) is 7.11 Å². The molecule has 0 heterocycles. The van der Waals surface area contributed by atoms with Gasteiger partial charge in [0.1, 0.15) is 6.10 Å². The molecular weight excluding hydrogens is 284 g/mol. The molecule has 1 amide bonds. The summed E-state index contributed by atoms with van der Waals surface area (Å²) in [7, 11) is 1.47. The van der Waals surface area contributed by atoms with Crippen LogP contribution in [-0.2, 0) is 9.53 Å².